The van der Waals surface area contributed by atoms with Gasteiger partial charge in [0.25, 0.3) is 0 Å². The average Bonchev–Trinajstić information content (AvgIpc) is 3.09. The van der Waals surface area contributed by atoms with Crippen LogP contribution >= 0.6 is 27.5 Å². The number of halogens is 3. The number of hydrogen-bond donors (Lipinski definition) is 2. The number of nitrogens with one attached hydrogen (secondary N) is 2. The van der Waals surface area contributed by atoms with Gasteiger partial charge in [-0.15, -0.1) is 0 Å². The molecule has 1 spiro atoms. The van der Waals surface area contributed by atoms with Crippen molar-refractivity contribution in [1.29, 1.82) is 0 Å². The Morgan fingerprint density at radius 2 is 2.14 bits per heavy atom. The SMILES string of the molecule is CC(C)(C)C[C@@H]1NCC(c2cccc(Br)c2F)[C@]12C(=O)Nc1cc(Cl)cnc12. The normalized spacial score (nSPS) is 26.6. The lowest BCUT2D eigenvalue weighted by atomic mass is 9.65. The van der Waals surface area contributed by atoms with Gasteiger partial charge in [0.2, 0.25) is 5.91 Å². The monoisotopic (exact) mass is 465 g/mol. The molecule has 0 radical (unpaired) electrons. The van der Waals surface area contributed by atoms with Crippen molar-refractivity contribution in [2.45, 2.75) is 44.6 Å². The Morgan fingerprint density at radius 1 is 1.39 bits per heavy atom. The second kappa shape index (κ2) is 6.78. The minimum absolute atomic E-state index is 0.0230. The third-order valence-corrected chi connectivity index (χ3v) is 6.53. The number of aromatic nitrogens is 1. The Bertz CT molecular complexity index is 961. The maximum absolute atomic E-state index is 15.1. The summed E-state index contributed by atoms with van der Waals surface area (Å²) in [6, 6.07) is 6.77. The highest BCUT2D eigenvalue weighted by molar-refractivity contribution is 9.10. The van der Waals surface area contributed by atoms with Crippen molar-refractivity contribution in [3.05, 3.63) is 57.0 Å². The molecular formula is C21H22BrClFN3O. The van der Waals surface area contributed by atoms with Crippen molar-refractivity contribution in [2.24, 2.45) is 5.41 Å². The van der Waals surface area contributed by atoms with Gasteiger partial charge in [0, 0.05) is 24.7 Å². The minimum Gasteiger partial charge on any atom is -0.324 e. The number of carbonyl (C=O) groups is 1. The van der Waals surface area contributed by atoms with Crippen LogP contribution < -0.4 is 10.6 Å². The Balaban J connectivity index is 1.94. The molecule has 1 fully saturated rings. The summed E-state index contributed by atoms with van der Waals surface area (Å²) >= 11 is 9.39. The lowest BCUT2D eigenvalue weighted by molar-refractivity contribution is -0.122. The third-order valence-electron chi connectivity index (χ3n) is 5.71. The van der Waals surface area contributed by atoms with E-state index in [0.29, 0.717) is 33.0 Å². The number of carbonyl (C=O) groups excluding carboxylic acids is 1. The van der Waals surface area contributed by atoms with E-state index >= 15 is 4.39 Å². The predicted octanol–water partition coefficient (Wildman–Crippen LogP) is 5.02. The van der Waals surface area contributed by atoms with E-state index < -0.39 is 5.41 Å². The van der Waals surface area contributed by atoms with Crippen LogP contribution in [0.25, 0.3) is 0 Å². The molecule has 0 saturated carbocycles. The summed E-state index contributed by atoms with van der Waals surface area (Å²) in [5.74, 6) is -0.867. The van der Waals surface area contributed by atoms with Gasteiger partial charge in [-0.1, -0.05) is 44.5 Å². The van der Waals surface area contributed by atoms with E-state index in [4.69, 9.17) is 11.6 Å². The predicted molar refractivity (Wildman–Crippen MR) is 112 cm³/mol. The molecule has 1 aromatic heterocycles. The van der Waals surface area contributed by atoms with Crippen LogP contribution in [0.15, 0.2) is 34.9 Å². The summed E-state index contributed by atoms with van der Waals surface area (Å²) < 4.78 is 15.5. The quantitative estimate of drug-likeness (QED) is 0.653. The van der Waals surface area contributed by atoms with Crippen molar-refractivity contribution in [1.82, 2.24) is 10.3 Å². The fraction of sp³-hybridized carbons (Fsp3) is 0.429. The number of benzene rings is 1. The van der Waals surface area contributed by atoms with Crippen LogP contribution in [0.5, 0.6) is 0 Å². The number of rotatable bonds is 2. The van der Waals surface area contributed by atoms with Crippen LogP contribution in [0.3, 0.4) is 0 Å². The molecule has 2 aliphatic rings. The summed E-state index contributed by atoms with van der Waals surface area (Å²) in [7, 11) is 0. The molecule has 0 bridgehead atoms. The highest BCUT2D eigenvalue weighted by Crippen LogP contribution is 2.54. The molecule has 148 valence electrons. The molecule has 7 heteroatoms. The highest BCUT2D eigenvalue weighted by atomic mass is 79.9. The number of pyridine rings is 1. The summed E-state index contributed by atoms with van der Waals surface area (Å²) in [6.45, 7) is 6.90. The summed E-state index contributed by atoms with van der Waals surface area (Å²) in [5, 5.41) is 6.93. The van der Waals surface area contributed by atoms with E-state index in [1.165, 1.54) is 0 Å². The molecule has 3 atom stereocenters. The maximum atomic E-state index is 15.1. The van der Waals surface area contributed by atoms with E-state index in [9.17, 15) is 4.79 Å². The zero-order valence-corrected chi connectivity index (χ0v) is 18.3. The van der Waals surface area contributed by atoms with Gasteiger partial charge in [0.05, 0.1) is 20.9 Å². The zero-order valence-electron chi connectivity index (χ0n) is 15.9. The van der Waals surface area contributed by atoms with Gasteiger partial charge >= 0.3 is 0 Å². The van der Waals surface area contributed by atoms with Crippen LogP contribution in [-0.4, -0.2) is 23.5 Å². The topological polar surface area (TPSA) is 54.0 Å². The molecule has 1 unspecified atom stereocenters. The van der Waals surface area contributed by atoms with E-state index in [0.717, 1.165) is 6.42 Å². The Morgan fingerprint density at radius 3 is 2.86 bits per heavy atom. The first-order valence-corrected chi connectivity index (χ1v) is 10.5. The second-order valence-corrected chi connectivity index (χ2v) is 10.1. The first-order chi connectivity index (χ1) is 13.1. The number of amides is 1. The molecule has 28 heavy (non-hydrogen) atoms. The van der Waals surface area contributed by atoms with Crippen LogP contribution in [-0.2, 0) is 10.2 Å². The summed E-state index contributed by atoms with van der Waals surface area (Å²) in [6.07, 6.45) is 2.31. The lowest BCUT2D eigenvalue weighted by Crippen LogP contribution is -2.50. The summed E-state index contributed by atoms with van der Waals surface area (Å²) in [5.41, 5.74) is 0.753. The minimum atomic E-state index is -0.991. The smallest absolute Gasteiger partial charge is 0.239 e. The first-order valence-electron chi connectivity index (χ1n) is 9.29. The molecule has 1 aromatic carbocycles. The van der Waals surface area contributed by atoms with Crippen molar-refractivity contribution in [3.8, 4) is 0 Å². The zero-order chi connectivity index (χ0) is 20.3. The van der Waals surface area contributed by atoms with Crippen LogP contribution in [0, 0.1) is 11.2 Å². The molecule has 1 saturated heterocycles. The fourth-order valence-electron chi connectivity index (χ4n) is 4.66. The van der Waals surface area contributed by atoms with Crippen molar-refractivity contribution >= 4 is 39.1 Å². The van der Waals surface area contributed by atoms with E-state index in [2.05, 4.69) is 52.3 Å². The van der Waals surface area contributed by atoms with Gasteiger partial charge < -0.3 is 10.6 Å². The number of nitrogens with zero attached hydrogens (tertiary/aromatic N) is 1. The molecule has 2 N–H and O–H groups in total. The number of anilines is 1. The molecule has 3 heterocycles. The molecule has 4 nitrogen and oxygen atoms in total. The number of fused-ring (bicyclic) bond motifs is 2. The average molecular weight is 467 g/mol. The van der Waals surface area contributed by atoms with Gasteiger partial charge in [-0.3, -0.25) is 9.78 Å². The van der Waals surface area contributed by atoms with E-state index in [1.54, 1.807) is 30.5 Å². The van der Waals surface area contributed by atoms with Gasteiger partial charge in [-0.05, 0) is 45.5 Å². The molecule has 4 rings (SSSR count). The molecule has 2 aliphatic heterocycles. The van der Waals surface area contributed by atoms with Crippen LogP contribution in [0.1, 0.15) is 44.4 Å². The standard InChI is InChI=1S/C21H22BrClFN3O/c1-20(2,3)8-16-21(18-15(27-19(21)28)7-11(23)9-26-18)13(10-25-16)12-5-4-6-14(22)17(12)24/h4-7,9,13,16,25H,8,10H2,1-3H3,(H,27,28)/t13?,16-,21-/m0/s1. The second-order valence-electron chi connectivity index (χ2n) is 8.79. The van der Waals surface area contributed by atoms with Crippen molar-refractivity contribution in [3.63, 3.8) is 0 Å². The van der Waals surface area contributed by atoms with Gasteiger partial charge in [-0.2, -0.15) is 0 Å². The van der Waals surface area contributed by atoms with Crippen molar-refractivity contribution in [2.75, 3.05) is 11.9 Å². The van der Waals surface area contributed by atoms with Crippen molar-refractivity contribution < 1.29 is 9.18 Å². The first kappa shape index (κ1) is 19.8. The van der Waals surface area contributed by atoms with Gasteiger partial charge in [0.15, 0.2) is 0 Å². The Labute approximate surface area is 177 Å². The molecule has 1 amide bonds. The van der Waals surface area contributed by atoms with Gasteiger partial charge in [-0.25, -0.2) is 4.39 Å². The largest absolute Gasteiger partial charge is 0.324 e. The third kappa shape index (κ3) is 2.97. The fourth-order valence-corrected chi connectivity index (χ4v) is 5.20. The molecule has 0 aliphatic carbocycles. The van der Waals surface area contributed by atoms with Crippen LogP contribution in [0.4, 0.5) is 10.1 Å². The maximum Gasteiger partial charge on any atom is 0.239 e. The summed E-state index contributed by atoms with van der Waals surface area (Å²) in [4.78, 5) is 18.0. The Hall–Kier alpha value is -1.50. The number of hydrogen-bond acceptors (Lipinski definition) is 3. The molecule has 2 aromatic rings. The highest BCUT2D eigenvalue weighted by Gasteiger charge is 2.62. The molecular weight excluding hydrogens is 445 g/mol. The Kier molecular flexibility index (Phi) is 4.80. The van der Waals surface area contributed by atoms with Gasteiger partial charge in [0.1, 0.15) is 11.2 Å². The lowest BCUT2D eigenvalue weighted by Gasteiger charge is -2.36. The van der Waals surface area contributed by atoms with E-state index in [-0.39, 0.29) is 29.1 Å². The van der Waals surface area contributed by atoms with E-state index in [1.807, 2.05) is 0 Å². The van der Waals surface area contributed by atoms with Crippen LogP contribution in [0.2, 0.25) is 5.02 Å².